The summed E-state index contributed by atoms with van der Waals surface area (Å²) in [6.07, 6.45) is 0.524. The van der Waals surface area contributed by atoms with Gasteiger partial charge in [0.25, 0.3) is 11.5 Å². The maximum Gasteiger partial charge on any atom is 0.264 e. The summed E-state index contributed by atoms with van der Waals surface area (Å²) in [6.45, 7) is -0.543. The topological polar surface area (TPSA) is 156 Å². The van der Waals surface area contributed by atoms with Crippen molar-refractivity contribution in [2.24, 2.45) is 5.73 Å². The first kappa shape index (κ1) is 27.3. The number of aliphatic hydroxyl groups excluding tert-OH is 2. The summed E-state index contributed by atoms with van der Waals surface area (Å²) < 4.78 is 35.0. The van der Waals surface area contributed by atoms with Crippen LogP contribution in [0.15, 0.2) is 65.6 Å². The second kappa shape index (κ2) is 11.7. The average molecular weight is 540 g/mol. The Morgan fingerprint density at radius 3 is 2.29 bits per heavy atom. The highest BCUT2D eigenvalue weighted by Crippen LogP contribution is 2.23. The normalized spacial score (nSPS) is 12.9. The second-order valence-electron chi connectivity index (χ2n) is 8.95. The molecule has 2 heterocycles. The first-order valence-corrected chi connectivity index (χ1v) is 13.0. The molecule has 0 fully saturated rings. The molecule has 2 aromatic heterocycles. The lowest BCUT2D eigenvalue weighted by atomic mass is 9.98. The van der Waals surface area contributed by atoms with Crippen molar-refractivity contribution in [2.75, 3.05) is 6.61 Å². The first-order valence-electron chi connectivity index (χ1n) is 11.7. The number of aliphatic hydroxyl groups is 2. The standard InChI is InChI=1S/C27H26FN3O6S/c28-20-7-5-16(6-8-20)9-19-10-23-25(30-12-19)22(11-21(33)14-32)24(26(29)34)27(35)31(23)13-17-1-3-18(4-2-17)15-38(36)37/h1-8,10,12,21,32-33H,9,11,13-15H2,(H2,29,34)(H,36,37). The Morgan fingerprint density at radius 1 is 1.05 bits per heavy atom. The molecule has 2 unspecified atom stereocenters. The van der Waals surface area contributed by atoms with Gasteiger partial charge >= 0.3 is 0 Å². The molecule has 0 spiro atoms. The highest BCUT2D eigenvalue weighted by Gasteiger charge is 2.24. The van der Waals surface area contributed by atoms with Gasteiger partial charge in [0.2, 0.25) is 0 Å². The third-order valence-corrected chi connectivity index (χ3v) is 6.71. The number of fused-ring (bicyclic) bond motifs is 1. The fourth-order valence-electron chi connectivity index (χ4n) is 4.34. The number of nitrogens with zero attached hydrogens (tertiary/aromatic N) is 2. The van der Waals surface area contributed by atoms with E-state index in [-0.39, 0.29) is 41.2 Å². The molecule has 9 nitrogen and oxygen atoms in total. The lowest BCUT2D eigenvalue weighted by molar-refractivity contribution is 0.0941. The van der Waals surface area contributed by atoms with E-state index in [9.17, 15) is 28.4 Å². The van der Waals surface area contributed by atoms with Crippen LogP contribution in [0.1, 0.15) is 38.2 Å². The number of hydrogen-bond donors (Lipinski definition) is 4. The Kier molecular flexibility index (Phi) is 8.42. The molecule has 0 bridgehead atoms. The lowest BCUT2D eigenvalue weighted by Gasteiger charge is -2.18. The van der Waals surface area contributed by atoms with Gasteiger partial charge in [0.05, 0.1) is 36.0 Å². The maximum atomic E-state index is 13.6. The quantitative estimate of drug-likeness (QED) is 0.224. The highest BCUT2D eigenvalue weighted by molar-refractivity contribution is 7.78. The van der Waals surface area contributed by atoms with Gasteiger partial charge in [-0.15, -0.1) is 0 Å². The molecule has 0 aliphatic heterocycles. The molecule has 2 atom stereocenters. The van der Waals surface area contributed by atoms with Crippen molar-refractivity contribution in [3.05, 3.63) is 110 Å². The van der Waals surface area contributed by atoms with Gasteiger partial charge in [-0.1, -0.05) is 36.4 Å². The van der Waals surface area contributed by atoms with Crippen LogP contribution in [0.5, 0.6) is 0 Å². The van der Waals surface area contributed by atoms with Gasteiger partial charge in [-0.05, 0) is 46.9 Å². The second-order valence-corrected chi connectivity index (χ2v) is 9.88. The van der Waals surface area contributed by atoms with Gasteiger partial charge in [0, 0.05) is 18.2 Å². The minimum atomic E-state index is -2.00. The van der Waals surface area contributed by atoms with Gasteiger partial charge < -0.3 is 25.1 Å². The molecule has 38 heavy (non-hydrogen) atoms. The minimum Gasteiger partial charge on any atom is -0.394 e. The van der Waals surface area contributed by atoms with Crippen molar-refractivity contribution < 1.29 is 28.2 Å². The minimum absolute atomic E-state index is 0.0342. The van der Waals surface area contributed by atoms with Crippen LogP contribution >= 0.6 is 0 Å². The zero-order chi connectivity index (χ0) is 27.4. The van der Waals surface area contributed by atoms with Crippen LogP contribution in [0.3, 0.4) is 0 Å². The molecule has 0 radical (unpaired) electrons. The van der Waals surface area contributed by atoms with E-state index in [0.29, 0.717) is 23.1 Å². The number of halogens is 1. The van der Waals surface area contributed by atoms with Crippen molar-refractivity contribution in [1.82, 2.24) is 9.55 Å². The summed E-state index contributed by atoms with van der Waals surface area (Å²) in [7, 11) is 0. The molecule has 0 saturated heterocycles. The molecule has 2 aromatic carbocycles. The zero-order valence-electron chi connectivity index (χ0n) is 20.2. The molecule has 0 aliphatic rings. The lowest BCUT2D eigenvalue weighted by Crippen LogP contribution is -2.34. The van der Waals surface area contributed by atoms with Gasteiger partial charge in [-0.25, -0.2) is 8.60 Å². The van der Waals surface area contributed by atoms with E-state index in [2.05, 4.69) is 4.98 Å². The Hall–Kier alpha value is -3.77. The smallest absolute Gasteiger partial charge is 0.264 e. The molecular weight excluding hydrogens is 513 g/mol. The summed E-state index contributed by atoms with van der Waals surface area (Å²) in [4.78, 5) is 30.5. The predicted molar refractivity (Wildman–Crippen MR) is 141 cm³/mol. The van der Waals surface area contributed by atoms with Crippen LogP contribution in [-0.4, -0.2) is 47.1 Å². The zero-order valence-corrected chi connectivity index (χ0v) is 21.0. The third-order valence-electron chi connectivity index (χ3n) is 6.13. The highest BCUT2D eigenvalue weighted by atomic mass is 32.2. The Labute approximate surface area is 219 Å². The van der Waals surface area contributed by atoms with Gasteiger partial charge in [0.1, 0.15) is 11.4 Å². The van der Waals surface area contributed by atoms with E-state index < -0.39 is 35.3 Å². The summed E-state index contributed by atoms with van der Waals surface area (Å²) in [5.74, 6) is -1.38. The van der Waals surface area contributed by atoms with E-state index in [1.807, 2.05) is 0 Å². The van der Waals surface area contributed by atoms with E-state index in [4.69, 9.17) is 10.3 Å². The fraction of sp³-hybridized carbons (Fsp3) is 0.222. The molecule has 0 saturated carbocycles. The Bertz CT molecular complexity index is 1550. The SMILES string of the molecule is NC(=O)c1c(CC(O)CO)c2ncc(Cc3ccc(F)cc3)cc2n(Cc2ccc(CS(=O)O)cc2)c1=O. The number of benzene rings is 2. The van der Waals surface area contributed by atoms with Gasteiger partial charge in [0.15, 0.2) is 11.1 Å². The summed E-state index contributed by atoms with van der Waals surface area (Å²) in [6, 6.07) is 14.5. The number of nitrogens with two attached hydrogens (primary N) is 1. The van der Waals surface area contributed by atoms with E-state index in [0.717, 1.165) is 11.1 Å². The third kappa shape index (κ3) is 6.20. The van der Waals surface area contributed by atoms with Crippen molar-refractivity contribution in [2.45, 2.75) is 31.2 Å². The van der Waals surface area contributed by atoms with Crippen molar-refractivity contribution >= 4 is 28.0 Å². The number of rotatable bonds is 10. The molecule has 11 heteroatoms. The predicted octanol–water partition coefficient (Wildman–Crippen LogP) is 1.89. The largest absolute Gasteiger partial charge is 0.394 e. The van der Waals surface area contributed by atoms with E-state index >= 15 is 0 Å². The molecule has 4 rings (SSSR count). The maximum absolute atomic E-state index is 13.6. The average Bonchev–Trinajstić information content (AvgIpc) is 2.88. The fourth-order valence-corrected chi connectivity index (χ4v) is 4.81. The Balaban J connectivity index is 1.88. The molecule has 4 aromatic rings. The van der Waals surface area contributed by atoms with Crippen molar-refractivity contribution in [3.63, 3.8) is 0 Å². The summed E-state index contributed by atoms with van der Waals surface area (Å²) in [5.41, 5.74) is 8.27. The molecule has 198 valence electrons. The van der Waals surface area contributed by atoms with Crippen LogP contribution in [0.25, 0.3) is 11.0 Å². The number of carbonyl (C=O) groups is 1. The number of carbonyl (C=O) groups excluding carboxylic acids is 1. The molecule has 1 amide bonds. The Morgan fingerprint density at radius 2 is 1.68 bits per heavy atom. The van der Waals surface area contributed by atoms with Crippen LogP contribution in [0, 0.1) is 5.82 Å². The van der Waals surface area contributed by atoms with Gasteiger partial charge in [-0.3, -0.25) is 14.6 Å². The number of hydrogen-bond acceptors (Lipinski definition) is 6. The first-order chi connectivity index (χ1) is 18.2. The van der Waals surface area contributed by atoms with Crippen molar-refractivity contribution in [1.29, 1.82) is 0 Å². The van der Waals surface area contributed by atoms with Crippen LogP contribution in [-0.2, 0) is 36.2 Å². The molecular formula is C27H26FN3O6S. The molecule has 5 N–H and O–H groups in total. The summed E-state index contributed by atoms with van der Waals surface area (Å²) in [5, 5.41) is 19.5. The van der Waals surface area contributed by atoms with Crippen LogP contribution < -0.4 is 11.3 Å². The number of aromatic nitrogens is 2. The number of pyridine rings is 2. The van der Waals surface area contributed by atoms with Gasteiger partial charge in [-0.2, -0.15) is 0 Å². The molecule has 0 aliphatic carbocycles. The number of amides is 1. The van der Waals surface area contributed by atoms with E-state index in [1.54, 1.807) is 48.7 Å². The number of primary amides is 1. The summed E-state index contributed by atoms with van der Waals surface area (Å²) >= 11 is -2.00. The van der Waals surface area contributed by atoms with Crippen LogP contribution in [0.2, 0.25) is 0 Å². The van der Waals surface area contributed by atoms with E-state index in [1.165, 1.54) is 16.7 Å². The monoisotopic (exact) mass is 539 g/mol. The van der Waals surface area contributed by atoms with Crippen molar-refractivity contribution in [3.8, 4) is 0 Å². The van der Waals surface area contributed by atoms with Crippen LogP contribution in [0.4, 0.5) is 4.39 Å².